The first-order valence-electron chi connectivity index (χ1n) is 6.96. The van der Waals surface area contributed by atoms with Crippen LogP contribution in [0.2, 0.25) is 0 Å². The van der Waals surface area contributed by atoms with E-state index < -0.39 is 24.7 Å². The molecule has 2 heterocycles. The molecule has 1 aromatic rings. The fourth-order valence-electron chi connectivity index (χ4n) is 2.24. The maximum Gasteiger partial charge on any atom is 0.405 e. The summed E-state index contributed by atoms with van der Waals surface area (Å²) in [5.74, 6) is -0.656. The van der Waals surface area contributed by atoms with E-state index in [-0.39, 0.29) is 5.69 Å². The zero-order valence-electron chi connectivity index (χ0n) is 12.2. The predicted octanol–water partition coefficient (Wildman–Crippen LogP) is 0.351. The standard InChI is InChI=1S/C13H18F3N5O/c1-9-6-19-10(7-18-9)12(22)20-8-11(13(14,15)16)21-4-2-17-3-5-21/h6-7,11,17H,2-5,8H2,1H3,(H,20,22). The van der Waals surface area contributed by atoms with Crippen molar-refractivity contribution in [3.63, 3.8) is 0 Å². The Labute approximate surface area is 126 Å². The first kappa shape index (κ1) is 16.6. The van der Waals surface area contributed by atoms with Crippen LogP contribution in [0.3, 0.4) is 0 Å². The average molecular weight is 317 g/mol. The summed E-state index contributed by atoms with van der Waals surface area (Å²) in [5, 5.41) is 5.30. The monoisotopic (exact) mass is 317 g/mol. The molecule has 1 aliphatic heterocycles. The van der Waals surface area contributed by atoms with E-state index in [1.807, 2.05) is 0 Å². The number of rotatable bonds is 4. The van der Waals surface area contributed by atoms with Gasteiger partial charge in [-0.25, -0.2) is 4.98 Å². The minimum atomic E-state index is -4.40. The van der Waals surface area contributed by atoms with Crippen LogP contribution in [0.25, 0.3) is 0 Å². The average Bonchev–Trinajstić information content (AvgIpc) is 2.47. The lowest BCUT2D eigenvalue weighted by Crippen LogP contribution is -2.57. The van der Waals surface area contributed by atoms with E-state index >= 15 is 0 Å². The van der Waals surface area contributed by atoms with E-state index in [2.05, 4.69) is 20.6 Å². The number of nitrogens with zero attached hydrogens (tertiary/aromatic N) is 3. The lowest BCUT2D eigenvalue weighted by molar-refractivity contribution is -0.183. The van der Waals surface area contributed by atoms with Gasteiger partial charge in [-0.3, -0.25) is 14.7 Å². The molecule has 0 spiro atoms. The molecule has 2 rings (SSSR count). The Kier molecular flexibility index (Phi) is 5.30. The van der Waals surface area contributed by atoms with Crippen molar-refractivity contribution in [3.05, 3.63) is 23.8 Å². The van der Waals surface area contributed by atoms with Gasteiger partial charge in [0, 0.05) is 38.9 Å². The lowest BCUT2D eigenvalue weighted by Gasteiger charge is -2.35. The molecule has 6 nitrogen and oxygen atoms in total. The predicted molar refractivity (Wildman–Crippen MR) is 73.4 cm³/mol. The molecule has 0 aliphatic carbocycles. The number of hydrogen-bond donors (Lipinski definition) is 2. The molecule has 1 unspecified atom stereocenters. The molecule has 1 fully saturated rings. The molecule has 1 aromatic heterocycles. The normalized spacial score (nSPS) is 18.0. The molecule has 2 N–H and O–H groups in total. The van der Waals surface area contributed by atoms with Crippen molar-refractivity contribution in [1.29, 1.82) is 0 Å². The summed E-state index contributed by atoms with van der Waals surface area (Å²) in [6, 6.07) is -1.70. The third-order valence-electron chi connectivity index (χ3n) is 3.44. The highest BCUT2D eigenvalue weighted by atomic mass is 19.4. The molecular formula is C13H18F3N5O. The van der Waals surface area contributed by atoms with Crippen LogP contribution >= 0.6 is 0 Å². The highest BCUT2D eigenvalue weighted by molar-refractivity contribution is 5.91. The van der Waals surface area contributed by atoms with Gasteiger partial charge in [0.2, 0.25) is 0 Å². The van der Waals surface area contributed by atoms with E-state index in [1.165, 1.54) is 17.3 Å². The van der Waals surface area contributed by atoms with Crippen LogP contribution in [0.5, 0.6) is 0 Å². The Balaban J connectivity index is 1.98. The maximum atomic E-state index is 13.2. The molecule has 9 heteroatoms. The quantitative estimate of drug-likeness (QED) is 0.839. The molecule has 1 saturated heterocycles. The van der Waals surface area contributed by atoms with Crippen molar-refractivity contribution >= 4 is 5.91 Å². The second-order valence-electron chi connectivity index (χ2n) is 5.10. The van der Waals surface area contributed by atoms with E-state index in [4.69, 9.17) is 0 Å². The van der Waals surface area contributed by atoms with Gasteiger partial charge in [0.05, 0.1) is 11.9 Å². The number of carbonyl (C=O) groups excluding carboxylic acids is 1. The van der Waals surface area contributed by atoms with Crippen molar-refractivity contribution in [2.24, 2.45) is 0 Å². The van der Waals surface area contributed by atoms with Crippen LogP contribution in [0.15, 0.2) is 12.4 Å². The largest absolute Gasteiger partial charge is 0.405 e. The SMILES string of the molecule is Cc1cnc(C(=O)NCC(N2CCNCC2)C(F)(F)F)cn1. The van der Waals surface area contributed by atoms with E-state index in [0.717, 1.165) is 0 Å². The summed E-state index contributed by atoms with van der Waals surface area (Å²) in [4.78, 5) is 20.9. The first-order valence-corrected chi connectivity index (χ1v) is 6.96. The Morgan fingerprint density at radius 1 is 1.36 bits per heavy atom. The molecule has 0 bridgehead atoms. The zero-order chi connectivity index (χ0) is 16.2. The molecule has 122 valence electrons. The second kappa shape index (κ2) is 7.01. The maximum absolute atomic E-state index is 13.2. The van der Waals surface area contributed by atoms with Gasteiger partial charge in [-0.1, -0.05) is 0 Å². The number of piperazine rings is 1. The first-order chi connectivity index (χ1) is 10.4. The number of halogens is 3. The third-order valence-corrected chi connectivity index (χ3v) is 3.44. The Bertz CT molecular complexity index is 499. The van der Waals surface area contributed by atoms with Crippen LogP contribution in [0, 0.1) is 6.92 Å². The highest BCUT2D eigenvalue weighted by Gasteiger charge is 2.43. The minimum absolute atomic E-state index is 0.00633. The number of aromatic nitrogens is 2. The van der Waals surface area contributed by atoms with Crippen molar-refractivity contribution in [2.45, 2.75) is 19.1 Å². The number of nitrogens with one attached hydrogen (secondary N) is 2. The minimum Gasteiger partial charge on any atom is -0.349 e. The van der Waals surface area contributed by atoms with Crippen LogP contribution < -0.4 is 10.6 Å². The molecule has 1 aliphatic rings. The van der Waals surface area contributed by atoms with Gasteiger partial charge < -0.3 is 10.6 Å². The topological polar surface area (TPSA) is 70.2 Å². The number of alkyl halides is 3. The van der Waals surface area contributed by atoms with Crippen LogP contribution in [0.4, 0.5) is 13.2 Å². The summed E-state index contributed by atoms with van der Waals surface area (Å²) in [6.07, 6.45) is -1.76. The van der Waals surface area contributed by atoms with Crippen LogP contribution in [-0.4, -0.2) is 65.7 Å². The Morgan fingerprint density at radius 2 is 2.05 bits per heavy atom. The van der Waals surface area contributed by atoms with E-state index in [0.29, 0.717) is 31.9 Å². The molecular weight excluding hydrogens is 299 g/mol. The third kappa shape index (κ3) is 4.38. The molecule has 1 amide bonds. The molecule has 22 heavy (non-hydrogen) atoms. The molecule has 0 saturated carbocycles. The van der Waals surface area contributed by atoms with Gasteiger partial charge in [-0.15, -0.1) is 0 Å². The zero-order valence-corrected chi connectivity index (χ0v) is 12.2. The van der Waals surface area contributed by atoms with Crippen molar-refractivity contribution in [2.75, 3.05) is 32.7 Å². The van der Waals surface area contributed by atoms with Crippen molar-refractivity contribution in [1.82, 2.24) is 25.5 Å². The van der Waals surface area contributed by atoms with Crippen LogP contribution in [-0.2, 0) is 0 Å². The fraction of sp³-hybridized carbons (Fsp3) is 0.615. The van der Waals surface area contributed by atoms with E-state index in [9.17, 15) is 18.0 Å². The van der Waals surface area contributed by atoms with Gasteiger partial charge in [-0.2, -0.15) is 13.2 Å². The van der Waals surface area contributed by atoms with Gasteiger partial charge in [-0.05, 0) is 6.92 Å². The summed E-state index contributed by atoms with van der Waals surface area (Å²) < 4.78 is 39.5. The number of carbonyl (C=O) groups is 1. The van der Waals surface area contributed by atoms with Crippen LogP contribution in [0.1, 0.15) is 16.2 Å². The summed E-state index contributed by atoms with van der Waals surface area (Å²) in [5.41, 5.74) is 0.636. The molecule has 1 atom stereocenters. The fourth-order valence-corrected chi connectivity index (χ4v) is 2.24. The molecule has 0 aromatic carbocycles. The second-order valence-corrected chi connectivity index (χ2v) is 5.10. The molecule has 0 radical (unpaired) electrons. The number of amides is 1. The number of aryl methyl sites for hydroxylation is 1. The smallest absolute Gasteiger partial charge is 0.349 e. The summed E-state index contributed by atoms with van der Waals surface area (Å²) in [7, 11) is 0. The lowest BCUT2D eigenvalue weighted by atomic mass is 10.2. The van der Waals surface area contributed by atoms with Crippen molar-refractivity contribution in [3.8, 4) is 0 Å². The highest BCUT2D eigenvalue weighted by Crippen LogP contribution is 2.24. The van der Waals surface area contributed by atoms with E-state index in [1.54, 1.807) is 6.92 Å². The van der Waals surface area contributed by atoms with Gasteiger partial charge in [0.25, 0.3) is 5.91 Å². The van der Waals surface area contributed by atoms with Crippen molar-refractivity contribution < 1.29 is 18.0 Å². The number of hydrogen-bond acceptors (Lipinski definition) is 5. The van der Waals surface area contributed by atoms with Gasteiger partial charge in [0.15, 0.2) is 0 Å². The van der Waals surface area contributed by atoms with Gasteiger partial charge >= 0.3 is 6.18 Å². The Morgan fingerprint density at radius 3 is 2.59 bits per heavy atom. The Hall–Kier alpha value is -1.74. The summed E-state index contributed by atoms with van der Waals surface area (Å²) in [6.45, 7) is 2.80. The van der Waals surface area contributed by atoms with Gasteiger partial charge in [0.1, 0.15) is 11.7 Å². The summed E-state index contributed by atoms with van der Waals surface area (Å²) >= 11 is 0.